The van der Waals surface area contributed by atoms with Crippen molar-refractivity contribution in [2.45, 2.75) is 47.5 Å². The van der Waals surface area contributed by atoms with Gasteiger partial charge < -0.3 is 9.47 Å². The molecule has 0 radical (unpaired) electrons. The Balaban J connectivity index is 3.68. The van der Waals surface area contributed by atoms with Gasteiger partial charge >= 0.3 is 0 Å². The molecular formula is C14H30O2. The zero-order chi connectivity index (χ0) is 12.4. The predicted octanol–water partition coefficient (Wildman–Crippen LogP) is 3.75. The molecule has 0 unspecified atom stereocenters. The molecule has 2 heteroatoms. The Morgan fingerprint density at radius 3 is 1.44 bits per heavy atom. The van der Waals surface area contributed by atoms with Crippen molar-refractivity contribution in [2.75, 3.05) is 26.4 Å². The Bertz CT molecular complexity index is 132. The van der Waals surface area contributed by atoms with Crippen LogP contribution in [0.2, 0.25) is 0 Å². The van der Waals surface area contributed by atoms with Crippen LogP contribution in [0.1, 0.15) is 47.5 Å². The quantitative estimate of drug-likeness (QED) is 0.532. The summed E-state index contributed by atoms with van der Waals surface area (Å²) in [5.74, 6) is 1.90. The van der Waals surface area contributed by atoms with Crippen LogP contribution in [-0.4, -0.2) is 26.4 Å². The molecule has 0 bridgehead atoms. The van der Waals surface area contributed by atoms with Crippen LogP contribution >= 0.6 is 0 Å². The Hall–Kier alpha value is -0.0800. The molecule has 2 nitrogen and oxygen atoms in total. The minimum atomic E-state index is 0.617. The lowest BCUT2D eigenvalue weighted by atomic mass is 9.86. The van der Waals surface area contributed by atoms with Gasteiger partial charge in [0.15, 0.2) is 0 Å². The summed E-state index contributed by atoms with van der Waals surface area (Å²) >= 11 is 0. The summed E-state index contributed by atoms with van der Waals surface area (Å²) in [6.07, 6.45) is 2.21. The van der Waals surface area contributed by atoms with Crippen LogP contribution in [-0.2, 0) is 9.47 Å². The van der Waals surface area contributed by atoms with Crippen LogP contribution in [0.25, 0.3) is 0 Å². The second kappa shape index (κ2) is 10.1. The molecule has 0 N–H and O–H groups in total. The fourth-order valence-corrected chi connectivity index (χ4v) is 1.69. The van der Waals surface area contributed by atoms with Crippen molar-refractivity contribution in [3.8, 4) is 0 Å². The third kappa shape index (κ3) is 7.24. The highest BCUT2D eigenvalue weighted by atomic mass is 16.5. The summed E-state index contributed by atoms with van der Waals surface area (Å²) in [6, 6.07) is 0. The largest absolute Gasteiger partial charge is 0.381 e. The van der Waals surface area contributed by atoms with Crippen LogP contribution in [0.15, 0.2) is 0 Å². The Labute approximate surface area is 102 Å². The van der Waals surface area contributed by atoms with E-state index in [9.17, 15) is 0 Å². The van der Waals surface area contributed by atoms with Crippen LogP contribution in [0, 0.1) is 17.8 Å². The van der Waals surface area contributed by atoms with Gasteiger partial charge in [0.05, 0.1) is 0 Å². The van der Waals surface area contributed by atoms with Gasteiger partial charge in [-0.15, -0.1) is 0 Å². The van der Waals surface area contributed by atoms with E-state index in [1.807, 2.05) is 0 Å². The molecule has 0 spiro atoms. The van der Waals surface area contributed by atoms with Crippen LogP contribution < -0.4 is 0 Å². The molecule has 0 amide bonds. The lowest BCUT2D eigenvalue weighted by molar-refractivity contribution is 0.0433. The summed E-state index contributed by atoms with van der Waals surface area (Å²) in [4.78, 5) is 0. The van der Waals surface area contributed by atoms with E-state index in [4.69, 9.17) is 9.47 Å². The normalized spacial score (nSPS) is 15.4. The van der Waals surface area contributed by atoms with Gasteiger partial charge in [-0.05, 0) is 30.6 Å². The van der Waals surface area contributed by atoms with Crippen LogP contribution in [0.3, 0.4) is 0 Å². The predicted molar refractivity (Wildman–Crippen MR) is 69.7 cm³/mol. The number of hydrogen-bond acceptors (Lipinski definition) is 2. The standard InChI is InChI=1S/C14H30O2/c1-6-8-15-10-12(3)14(5)13(4)11-16-9-7-2/h12-14H,6-11H2,1-5H3/t12-,13-/m1/s1. The van der Waals surface area contributed by atoms with Gasteiger partial charge in [0.1, 0.15) is 0 Å². The Kier molecular flexibility index (Phi) is 10.0. The summed E-state index contributed by atoms with van der Waals surface area (Å²) in [7, 11) is 0. The van der Waals surface area contributed by atoms with Gasteiger partial charge in [-0.1, -0.05) is 34.6 Å². The molecule has 0 saturated heterocycles. The lowest BCUT2D eigenvalue weighted by Gasteiger charge is -2.26. The summed E-state index contributed by atoms with van der Waals surface area (Å²) < 4.78 is 11.2. The first-order chi connectivity index (χ1) is 7.63. The minimum Gasteiger partial charge on any atom is -0.381 e. The molecule has 0 aliphatic carbocycles. The first kappa shape index (κ1) is 15.9. The van der Waals surface area contributed by atoms with Gasteiger partial charge in [0.25, 0.3) is 0 Å². The number of rotatable bonds is 10. The fourth-order valence-electron chi connectivity index (χ4n) is 1.69. The summed E-state index contributed by atoms with van der Waals surface area (Å²) in [5, 5.41) is 0. The van der Waals surface area contributed by atoms with Crippen molar-refractivity contribution in [3.05, 3.63) is 0 Å². The van der Waals surface area contributed by atoms with E-state index in [1.54, 1.807) is 0 Å². The average molecular weight is 230 g/mol. The second-order valence-electron chi connectivity index (χ2n) is 4.96. The zero-order valence-electron chi connectivity index (χ0n) is 11.8. The highest BCUT2D eigenvalue weighted by molar-refractivity contribution is 4.67. The highest BCUT2D eigenvalue weighted by Gasteiger charge is 2.19. The zero-order valence-corrected chi connectivity index (χ0v) is 11.8. The highest BCUT2D eigenvalue weighted by Crippen LogP contribution is 2.21. The molecule has 0 aliphatic heterocycles. The van der Waals surface area contributed by atoms with E-state index in [1.165, 1.54) is 0 Å². The second-order valence-corrected chi connectivity index (χ2v) is 4.96. The number of hydrogen-bond donors (Lipinski definition) is 0. The monoisotopic (exact) mass is 230 g/mol. The fraction of sp³-hybridized carbons (Fsp3) is 1.00. The molecule has 0 aromatic carbocycles. The maximum absolute atomic E-state index is 5.60. The first-order valence-corrected chi connectivity index (χ1v) is 6.78. The molecule has 0 aromatic heterocycles. The summed E-state index contributed by atoms with van der Waals surface area (Å²) in [5.41, 5.74) is 0. The molecule has 0 heterocycles. The number of ether oxygens (including phenoxy) is 2. The van der Waals surface area contributed by atoms with Gasteiger partial charge in [-0.25, -0.2) is 0 Å². The smallest absolute Gasteiger partial charge is 0.0494 e. The van der Waals surface area contributed by atoms with Gasteiger partial charge in [0, 0.05) is 26.4 Å². The van der Waals surface area contributed by atoms with Gasteiger partial charge in [-0.3, -0.25) is 0 Å². The van der Waals surface area contributed by atoms with Crippen molar-refractivity contribution in [2.24, 2.45) is 17.8 Å². The molecule has 0 aliphatic rings. The SMILES string of the molecule is CCCOC[C@@H](C)C(C)[C@H](C)COCCC. The molecule has 0 aromatic rings. The first-order valence-electron chi connectivity index (χ1n) is 6.78. The van der Waals surface area contributed by atoms with Crippen molar-refractivity contribution in [1.82, 2.24) is 0 Å². The third-order valence-corrected chi connectivity index (χ3v) is 3.25. The molecule has 0 rings (SSSR count). The van der Waals surface area contributed by atoms with Crippen LogP contribution in [0.5, 0.6) is 0 Å². The Morgan fingerprint density at radius 1 is 0.750 bits per heavy atom. The van der Waals surface area contributed by atoms with E-state index in [0.717, 1.165) is 39.3 Å². The van der Waals surface area contributed by atoms with Gasteiger partial charge in [0.2, 0.25) is 0 Å². The minimum absolute atomic E-state index is 0.617. The average Bonchev–Trinajstić information content (AvgIpc) is 2.28. The third-order valence-electron chi connectivity index (χ3n) is 3.25. The molecular weight excluding hydrogens is 200 g/mol. The molecule has 16 heavy (non-hydrogen) atoms. The molecule has 98 valence electrons. The van der Waals surface area contributed by atoms with E-state index in [0.29, 0.717) is 17.8 Å². The summed E-state index contributed by atoms with van der Waals surface area (Å²) in [6.45, 7) is 14.7. The van der Waals surface area contributed by atoms with Crippen LogP contribution in [0.4, 0.5) is 0 Å². The molecule has 0 saturated carbocycles. The van der Waals surface area contributed by atoms with Gasteiger partial charge in [-0.2, -0.15) is 0 Å². The lowest BCUT2D eigenvalue weighted by Crippen LogP contribution is -2.24. The maximum Gasteiger partial charge on any atom is 0.0494 e. The van der Waals surface area contributed by atoms with E-state index < -0.39 is 0 Å². The maximum atomic E-state index is 5.60. The van der Waals surface area contributed by atoms with Crippen molar-refractivity contribution < 1.29 is 9.47 Å². The van der Waals surface area contributed by atoms with E-state index in [-0.39, 0.29) is 0 Å². The van der Waals surface area contributed by atoms with E-state index in [2.05, 4.69) is 34.6 Å². The molecule has 2 atom stereocenters. The van der Waals surface area contributed by atoms with E-state index >= 15 is 0 Å². The topological polar surface area (TPSA) is 18.5 Å². The van der Waals surface area contributed by atoms with Crippen molar-refractivity contribution >= 4 is 0 Å². The molecule has 0 fully saturated rings. The van der Waals surface area contributed by atoms with Crippen molar-refractivity contribution in [1.29, 1.82) is 0 Å². The Morgan fingerprint density at radius 2 is 1.12 bits per heavy atom. The van der Waals surface area contributed by atoms with Crippen molar-refractivity contribution in [3.63, 3.8) is 0 Å².